The minimum absolute atomic E-state index is 0.00599. The van der Waals surface area contributed by atoms with Gasteiger partial charge in [-0.1, -0.05) is 36.4 Å². The number of rotatable bonds is 3. The van der Waals surface area contributed by atoms with E-state index < -0.39 is 0 Å². The van der Waals surface area contributed by atoms with Gasteiger partial charge in [-0.05, 0) is 11.5 Å². The summed E-state index contributed by atoms with van der Waals surface area (Å²) in [7, 11) is 0. The van der Waals surface area contributed by atoms with Gasteiger partial charge in [-0.15, -0.1) is 0 Å². The summed E-state index contributed by atoms with van der Waals surface area (Å²) in [4.78, 5) is 16.4. The largest absolute Gasteiger partial charge is 0.332 e. The summed E-state index contributed by atoms with van der Waals surface area (Å²) in [5, 5.41) is 8.17. The van der Waals surface area contributed by atoms with E-state index in [4.69, 9.17) is 0 Å². The van der Waals surface area contributed by atoms with Crippen LogP contribution in [0.1, 0.15) is 6.42 Å². The van der Waals surface area contributed by atoms with Crippen LogP contribution >= 0.6 is 0 Å². The molecular weight excluding hydrogens is 276 g/mol. The van der Waals surface area contributed by atoms with E-state index in [1.807, 2.05) is 53.2 Å². The van der Waals surface area contributed by atoms with Gasteiger partial charge < -0.3 is 4.57 Å². The standard InChI is InChI=1S/C17H14N4O/c22-17-10-14(11-20-9-8-18-12-20)19-21(17)16-7-3-5-13-4-1-2-6-15(13)16/h1-9,12H,10-11H2. The first-order valence-electron chi connectivity index (χ1n) is 7.14. The molecule has 0 saturated carbocycles. The van der Waals surface area contributed by atoms with Gasteiger partial charge in [-0.3, -0.25) is 4.79 Å². The lowest BCUT2D eigenvalue weighted by atomic mass is 10.1. The lowest BCUT2D eigenvalue weighted by Crippen LogP contribution is -2.19. The van der Waals surface area contributed by atoms with Crippen molar-refractivity contribution in [2.75, 3.05) is 5.01 Å². The van der Waals surface area contributed by atoms with Crippen molar-refractivity contribution in [2.45, 2.75) is 13.0 Å². The molecule has 0 atom stereocenters. The van der Waals surface area contributed by atoms with Crippen molar-refractivity contribution in [3.05, 3.63) is 61.2 Å². The Morgan fingerprint density at radius 3 is 2.82 bits per heavy atom. The number of hydrogen-bond donors (Lipinski definition) is 0. The molecule has 3 aromatic rings. The summed E-state index contributed by atoms with van der Waals surface area (Å²) < 4.78 is 1.92. The van der Waals surface area contributed by atoms with Crippen LogP contribution in [0.25, 0.3) is 10.8 Å². The zero-order chi connectivity index (χ0) is 14.9. The van der Waals surface area contributed by atoms with Gasteiger partial charge in [-0.25, -0.2) is 4.98 Å². The van der Waals surface area contributed by atoms with Gasteiger partial charge >= 0.3 is 0 Å². The molecule has 1 aromatic heterocycles. The molecule has 0 unspecified atom stereocenters. The second-order valence-corrected chi connectivity index (χ2v) is 5.28. The number of carbonyl (C=O) groups is 1. The third-order valence-corrected chi connectivity index (χ3v) is 3.75. The van der Waals surface area contributed by atoms with E-state index in [9.17, 15) is 4.79 Å². The molecule has 1 aliphatic heterocycles. The average Bonchev–Trinajstić information content (AvgIpc) is 3.17. The van der Waals surface area contributed by atoms with Crippen LogP contribution in [0.3, 0.4) is 0 Å². The molecule has 0 fully saturated rings. The Kier molecular flexibility index (Phi) is 2.96. The molecule has 108 valence electrons. The van der Waals surface area contributed by atoms with Crippen molar-refractivity contribution < 1.29 is 4.79 Å². The van der Waals surface area contributed by atoms with Crippen LogP contribution in [0.5, 0.6) is 0 Å². The maximum absolute atomic E-state index is 12.3. The minimum Gasteiger partial charge on any atom is -0.332 e. The Morgan fingerprint density at radius 2 is 1.95 bits per heavy atom. The van der Waals surface area contributed by atoms with E-state index in [1.165, 1.54) is 5.01 Å². The molecule has 2 heterocycles. The van der Waals surface area contributed by atoms with E-state index in [1.54, 1.807) is 12.5 Å². The molecule has 5 nitrogen and oxygen atoms in total. The molecule has 0 spiro atoms. The van der Waals surface area contributed by atoms with Crippen LogP contribution < -0.4 is 5.01 Å². The van der Waals surface area contributed by atoms with Gasteiger partial charge in [0.2, 0.25) is 0 Å². The summed E-state index contributed by atoms with van der Waals surface area (Å²) in [5.74, 6) is 0.00599. The predicted octanol–water partition coefficient (Wildman–Crippen LogP) is 2.83. The molecule has 0 radical (unpaired) electrons. The van der Waals surface area contributed by atoms with E-state index in [-0.39, 0.29) is 5.91 Å². The second-order valence-electron chi connectivity index (χ2n) is 5.28. The fourth-order valence-corrected chi connectivity index (χ4v) is 2.74. The first-order valence-corrected chi connectivity index (χ1v) is 7.14. The van der Waals surface area contributed by atoms with Gasteiger partial charge in [0.15, 0.2) is 0 Å². The van der Waals surface area contributed by atoms with Gasteiger partial charge in [-0.2, -0.15) is 10.1 Å². The maximum atomic E-state index is 12.3. The molecule has 1 amide bonds. The summed E-state index contributed by atoms with van der Waals surface area (Å²) in [6.45, 7) is 0.590. The van der Waals surface area contributed by atoms with E-state index in [2.05, 4.69) is 10.1 Å². The molecule has 22 heavy (non-hydrogen) atoms. The fourth-order valence-electron chi connectivity index (χ4n) is 2.74. The third kappa shape index (κ3) is 2.16. The highest BCUT2D eigenvalue weighted by atomic mass is 16.2. The quantitative estimate of drug-likeness (QED) is 0.744. The molecule has 0 N–H and O–H groups in total. The Labute approximate surface area is 127 Å². The first-order chi connectivity index (χ1) is 10.8. The number of hydrazone groups is 1. The number of fused-ring (bicyclic) bond motifs is 1. The number of carbonyl (C=O) groups excluding carboxylic acids is 1. The van der Waals surface area contributed by atoms with Crippen LogP contribution in [0.15, 0.2) is 66.3 Å². The molecule has 4 rings (SSSR count). The summed E-state index contributed by atoms with van der Waals surface area (Å²) in [5.41, 5.74) is 1.68. The van der Waals surface area contributed by atoms with Crippen molar-refractivity contribution in [3.8, 4) is 0 Å². The highest BCUT2D eigenvalue weighted by molar-refractivity contribution is 6.15. The number of imidazole rings is 1. The zero-order valence-electron chi connectivity index (χ0n) is 11.9. The Bertz CT molecular complexity index is 862. The van der Waals surface area contributed by atoms with Gasteiger partial charge in [0.05, 0.1) is 30.7 Å². The number of benzene rings is 2. The lowest BCUT2D eigenvalue weighted by molar-refractivity contribution is -0.116. The molecule has 0 aliphatic carbocycles. The monoisotopic (exact) mass is 290 g/mol. The smallest absolute Gasteiger partial charge is 0.253 e. The van der Waals surface area contributed by atoms with Crippen LogP contribution in [0.2, 0.25) is 0 Å². The van der Waals surface area contributed by atoms with Crippen molar-refractivity contribution in [1.29, 1.82) is 0 Å². The predicted molar refractivity (Wildman–Crippen MR) is 85.7 cm³/mol. The topological polar surface area (TPSA) is 50.5 Å². The Balaban J connectivity index is 1.72. The van der Waals surface area contributed by atoms with Gasteiger partial charge in [0, 0.05) is 17.8 Å². The van der Waals surface area contributed by atoms with Crippen molar-refractivity contribution in [3.63, 3.8) is 0 Å². The van der Waals surface area contributed by atoms with E-state index >= 15 is 0 Å². The minimum atomic E-state index is 0.00599. The Morgan fingerprint density at radius 1 is 1.09 bits per heavy atom. The maximum Gasteiger partial charge on any atom is 0.253 e. The van der Waals surface area contributed by atoms with Crippen LogP contribution in [0.4, 0.5) is 5.69 Å². The summed E-state index contributed by atoms with van der Waals surface area (Å²) >= 11 is 0. The normalized spacial score (nSPS) is 14.6. The molecular formula is C17H14N4O. The second kappa shape index (κ2) is 5.11. The lowest BCUT2D eigenvalue weighted by Gasteiger charge is -2.14. The SMILES string of the molecule is O=C1CC(Cn2ccnc2)=NN1c1cccc2ccccc12. The van der Waals surface area contributed by atoms with Crippen LogP contribution in [0, 0.1) is 0 Å². The molecule has 0 bridgehead atoms. The van der Waals surface area contributed by atoms with Crippen molar-refractivity contribution in [1.82, 2.24) is 9.55 Å². The first kappa shape index (κ1) is 12.8. The number of aromatic nitrogens is 2. The van der Waals surface area contributed by atoms with Gasteiger partial charge in [0.1, 0.15) is 0 Å². The number of nitrogens with zero attached hydrogens (tertiary/aromatic N) is 4. The highest BCUT2D eigenvalue weighted by Crippen LogP contribution is 2.29. The molecule has 0 saturated heterocycles. The van der Waals surface area contributed by atoms with Crippen molar-refractivity contribution >= 4 is 28.1 Å². The highest BCUT2D eigenvalue weighted by Gasteiger charge is 2.26. The molecule has 2 aromatic carbocycles. The van der Waals surface area contributed by atoms with Crippen LogP contribution in [-0.2, 0) is 11.3 Å². The Hall–Kier alpha value is -2.95. The van der Waals surface area contributed by atoms with Crippen molar-refractivity contribution in [2.24, 2.45) is 5.10 Å². The zero-order valence-corrected chi connectivity index (χ0v) is 11.9. The van der Waals surface area contributed by atoms with Crippen LogP contribution in [-0.4, -0.2) is 21.2 Å². The number of amides is 1. The third-order valence-electron chi connectivity index (χ3n) is 3.75. The number of anilines is 1. The average molecular weight is 290 g/mol. The number of hydrogen-bond acceptors (Lipinski definition) is 3. The van der Waals surface area contributed by atoms with E-state index in [0.29, 0.717) is 13.0 Å². The van der Waals surface area contributed by atoms with E-state index in [0.717, 1.165) is 22.2 Å². The molecule has 1 aliphatic rings. The van der Waals surface area contributed by atoms with Gasteiger partial charge in [0.25, 0.3) is 5.91 Å². The fraction of sp³-hybridized carbons (Fsp3) is 0.118. The molecule has 5 heteroatoms. The summed E-state index contributed by atoms with van der Waals surface area (Å²) in [6.07, 6.45) is 5.67. The summed E-state index contributed by atoms with van der Waals surface area (Å²) in [6, 6.07) is 13.9.